The number of nitrogens with zero attached hydrogens (tertiary/aromatic N) is 2. The molecule has 1 saturated carbocycles. The standard InChI is InChI=1S/C15H13ClN2O3/c16-11-5-3-10(4-6-11)13-12(21-8-9-1-2-9)7-17-14(18-13)15(19)20/h3-7,9H,1-2,8H2,(H,19,20). The lowest BCUT2D eigenvalue weighted by Crippen LogP contribution is -2.08. The number of benzene rings is 1. The Morgan fingerprint density at radius 3 is 2.67 bits per heavy atom. The number of hydrogen-bond donors (Lipinski definition) is 1. The molecule has 0 amide bonds. The first kappa shape index (κ1) is 13.8. The molecule has 3 rings (SSSR count). The molecule has 0 bridgehead atoms. The van der Waals surface area contributed by atoms with Gasteiger partial charge in [0.1, 0.15) is 5.69 Å². The van der Waals surface area contributed by atoms with Crippen LogP contribution in [0.15, 0.2) is 30.5 Å². The van der Waals surface area contributed by atoms with Crippen LogP contribution >= 0.6 is 11.6 Å². The first-order chi connectivity index (χ1) is 10.1. The Balaban J connectivity index is 1.97. The Morgan fingerprint density at radius 2 is 2.05 bits per heavy atom. The zero-order valence-corrected chi connectivity index (χ0v) is 11.9. The Hall–Kier alpha value is -2.14. The maximum Gasteiger partial charge on any atom is 0.373 e. The summed E-state index contributed by atoms with van der Waals surface area (Å²) in [5.74, 6) is -0.339. The normalized spacial score (nSPS) is 14.0. The van der Waals surface area contributed by atoms with Crippen molar-refractivity contribution in [3.8, 4) is 17.0 Å². The van der Waals surface area contributed by atoms with Crippen LogP contribution in [0.25, 0.3) is 11.3 Å². The van der Waals surface area contributed by atoms with Gasteiger partial charge < -0.3 is 9.84 Å². The molecular formula is C15H13ClN2O3. The summed E-state index contributed by atoms with van der Waals surface area (Å²) in [6.45, 7) is 0.608. The average Bonchev–Trinajstić information content (AvgIpc) is 3.30. The highest BCUT2D eigenvalue weighted by molar-refractivity contribution is 6.30. The van der Waals surface area contributed by atoms with Gasteiger partial charge in [-0.2, -0.15) is 0 Å². The number of carboxylic acid groups (broad SMARTS) is 1. The molecule has 1 fully saturated rings. The molecule has 1 aliphatic carbocycles. The first-order valence-corrected chi connectivity index (χ1v) is 7.00. The van der Waals surface area contributed by atoms with E-state index >= 15 is 0 Å². The summed E-state index contributed by atoms with van der Waals surface area (Å²) in [7, 11) is 0. The van der Waals surface area contributed by atoms with E-state index in [0.29, 0.717) is 29.0 Å². The van der Waals surface area contributed by atoms with Crippen LogP contribution in [0.5, 0.6) is 5.75 Å². The highest BCUT2D eigenvalue weighted by Crippen LogP contribution is 2.33. The van der Waals surface area contributed by atoms with Gasteiger partial charge in [-0.1, -0.05) is 23.7 Å². The molecule has 0 atom stereocenters. The fourth-order valence-electron chi connectivity index (χ4n) is 1.89. The predicted molar refractivity (Wildman–Crippen MR) is 77.7 cm³/mol. The minimum absolute atomic E-state index is 0.251. The van der Waals surface area contributed by atoms with Gasteiger partial charge in [0.25, 0.3) is 0 Å². The maximum atomic E-state index is 11.0. The van der Waals surface area contributed by atoms with Gasteiger partial charge in [-0.05, 0) is 30.9 Å². The molecule has 1 aromatic heterocycles. The van der Waals surface area contributed by atoms with Crippen molar-refractivity contribution in [2.75, 3.05) is 6.61 Å². The van der Waals surface area contributed by atoms with E-state index in [0.717, 1.165) is 5.56 Å². The number of hydrogen-bond acceptors (Lipinski definition) is 4. The van der Waals surface area contributed by atoms with Gasteiger partial charge in [0.15, 0.2) is 5.75 Å². The molecule has 1 aliphatic rings. The number of carboxylic acids is 1. The van der Waals surface area contributed by atoms with E-state index in [2.05, 4.69) is 9.97 Å². The molecule has 2 aromatic rings. The zero-order valence-electron chi connectivity index (χ0n) is 11.1. The molecule has 5 nitrogen and oxygen atoms in total. The summed E-state index contributed by atoms with van der Waals surface area (Å²) in [6.07, 6.45) is 3.76. The lowest BCUT2D eigenvalue weighted by Gasteiger charge is -2.10. The molecule has 1 aromatic carbocycles. The van der Waals surface area contributed by atoms with Gasteiger partial charge in [-0.15, -0.1) is 0 Å². The fourth-order valence-corrected chi connectivity index (χ4v) is 2.01. The van der Waals surface area contributed by atoms with Crippen molar-refractivity contribution in [2.45, 2.75) is 12.8 Å². The molecule has 0 radical (unpaired) electrons. The number of ether oxygens (including phenoxy) is 1. The van der Waals surface area contributed by atoms with Crippen LogP contribution in [-0.4, -0.2) is 27.7 Å². The van der Waals surface area contributed by atoms with Gasteiger partial charge in [0.2, 0.25) is 5.82 Å². The minimum atomic E-state index is -1.17. The van der Waals surface area contributed by atoms with Crippen LogP contribution in [-0.2, 0) is 0 Å². The van der Waals surface area contributed by atoms with Crippen molar-refractivity contribution in [3.05, 3.63) is 41.3 Å². The summed E-state index contributed by atoms with van der Waals surface area (Å²) in [5, 5.41) is 9.64. The molecule has 0 aliphatic heterocycles. The maximum absolute atomic E-state index is 11.0. The van der Waals surface area contributed by atoms with Gasteiger partial charge in [-0.3, -0.25) is 0 Å². The van der Waals surface area contributed by atoms with Crippen molar-refractivity contribution in [1.29, 1.82) is 0 Å². The van der Waals surface area contributed by atoms with Crippen LogP contribution in [0, 0.1) is 5.92 Å². The van der Waals surface area contributed by atoms with E-state index in [9.17, 15) is 4.79 Å². The van der Waals surface area contributed by atoms with Crippen molar-refractivity contribution in [2.24, 2.45) is 5.92 Å². The number of rotatable bonds is 5. The van der Waals surface area contributed by atoms with E-state index in [-0.39, 0.29) is 5.82 Å². The van der Waals surface area contributed by atoms with Crippen molar-refractivity contribution in [3.63, 3.8) is 0 Å². The van der Waals surface area contributed by atoms with Gasteiger partial charge in [0, 0.05) is 10.6 Å². The third kappa shape index (κ3) is 3.31. The third-order valence-corrected chi connectivity index (χ3v) is 3.49. The Morgan fingerprint density at radius 1 is 1.33 bits per heavy atom. The largest absolute Gasteiger partial charge is 0.489 e. The third-order valence-electron chi connectivity index (χ3n) is 3.24. The SMILES string of the molecule is O=C(O)c1ncc(OCC2CC2)c(-c2ccc(Cl)cc2)n1. The lowest BCUT2D eigenvalue weighted by atomic mass is 10.1. The summed E-state index contributed by atoms with van der Waals surface area (Å²) < 4.78 is 5.73. The van der Waals surface area contributed by atoms with Gasteiger partial charge in [-0.25, -0.2) is 14.8 Å². The number of aromatic nitrogens is 2. The van der Waals surface area contributed by atoms with E-state index in [1.165, 1.54) is 19.0 Å². The molecule has 0 saturated heterocycles. The summed E-state index contributed by atoms with van der Waals surface area (Å²) in [6, 6.07) is 7.01. The van der Waals surface area contributed by atoms with Crippen molar-refractivity contribution >= 4 is 17.6 Å². The summed E-state index contributed by atoms with van der Waals surface area (Å²) in [4.78, 5) is 18.9. The van der Waals surface area contributed by atoms with Crippen molar-refractivity contribution in [1.82, 2.24) is 9.97 Å². The molecule has 0 spiro atoms. The van der Waals surface area contributed by atoms with Crippen LogP contribution in [0.3, 0.4) is 0 Å². The quantitative estimate of drug-likeness (QED) is 0.917. The molecular weight excluding hydrogens is 292 g/mol. The molecule has 1 heterocycles. The fraction of sp³-hybridized carbons (Fsp3) is 0.267. The molecule has 6 heteroatoms. The minimum Gasteiger partial charge on any atom is -0.489 e. The number of halogens is 1. The predicted octanol–water partition coefficient (Wildman–Crippen LogP) is 3.28. The van der Waals surface area contributed by atoms with Gasteiger partial charge in [0.05, 0.1) is 12.8 Å². The second-order valence-corrected chi connectivity index (χ2v) is 5.41. The van der Waals surface area contributed by atoms with Crippen LogP contribution < -0.4 is 4.74 Å². The second-order valence-electron chi connectivity index (χ2n) is 4.97. The molecule has 0 unspecified atom stereocenters. The van der Waals surface area contributed by atoms with Crippen LogP contribution in [0.4, 0.5) is 0 Å². The van der Waals surface area contributed by atoms with E-state index in [4.69, 9.17) is 21.4 Å². The number of carbonyl (C=O) groups is 1. The Kier molecular flexibility index (Phi) is 3.75. The highest BCUT2D eigenvalue weighted by atomic mass is 35.5. The summed E-state index contributed by atoms with van der Waals surface area (Å²) in [5.41, 5.74) is 1.22. The zero-order chi connectivity index (χ0) is 14.8. The summed E-state index contributed by atoms with van der Waals surface area (Å²) >= 11 is 5.87. The molecule has 21 heavy (non-hydrogen) atoms. The molecule has 108 valence electrons. The monoisotopic (exact) mass is 304 g/mol. The average molecular weight is 305 g/mol. The van der Waals surface area contributed by atoms with E-state index < -0.39 is 5.97 Å². The van der Waals surface area contributed by atoms with E-state index in [1.807, 2.05) is 0 Å². The van der Waals surface area contributed by atoms with Crippen LogP contribution in [0.2, 0.25) is 5.02 Å². The smallest absolute Gasteiger partial charge is 0.373 e. The highest BCUT2D eigenvalue weighted by Gasteiger charge is 2.23. The lowest BCUT2D eigenvalue weighted by molar-refractivity contribution is 0.0683. The van der Waals surface area contributed by atoms with Gasteiger partial charge >= 0.3 is 5.97 Å². The van der Waals surface area contributed by atoms with Crippen LogP contribution in [0.1, 0.15) is 23.5 Å². The topological polar surface area (TPSA) is 72.3 Å². The second kappa shape index (κ2) is 5.69. The molecule has 1 N–H and O–H groups in total. The Bertz CT molecular complexity index is 669. The Labute approximate surface area is 126 Å². The number of aromatic carboxylic acids is 1. The van der Waals surface area contributed by atoms with E-state index in [1.54, 1.807) is 24.3 Å². The van der Waals surface area contributed by atoms with Crippen molar-refractivity contribution < 1.29 is 14.6 Å². The first-order valence-electron chi connectivity index (χ1n) is 6.62.